The molecule has 1 heterocycles. The predicted molar refractivity (Wildman–Crippen MR) is 255 cm³/mol. The van der Waals surface area contributed by atoms with E-state index in [1.54, 1.807) is 0 Å². The maximum atomic E-state index is 2.42. The lowest BCUT2D eigenvalue weighted by molar-refractivity contribution is 1.18. The van der Waals surface area contributed by atoms with Gasteiger partial charge in [-0.25, -0.2) is 0 Å². The van der Waals surface area contributed by atoms with Crippen molar-refractivity contribution in [3.63, 3.8) is 0 Å². The number of rotatable bonds is 8. The van der Waals surface area contributed by atoms with Gasteiger partial charge in [-0.05, 0) is 104 Å². The summed E-state index contributed by atoms with van der Waals surface area (Å²) in [5.74, 6) is 0. The van der Waals surface area contributed by atoms with Gasteiger partial charge in [0, 0.05) is 33.4 Å². The van der Waals surface area contributed by atoms with Crippen molar-refractivity contribution in [1.82, 2.24) is 4.57 Å². The largest absolute Gasteiger partial charge is 0.310 e. The summed E-state index contributed by atoms with van der Waals surface area (Å²) in [6.07, 6.45) is 0. The first-order valence-electron chi connectivity index (χ1n) is 20.6. The average Bonchev–Trinajstić information content (AvgIpc) is 3.68. The number of benzene rings is 10. The van der Waals surface area contributed by atoms with Crippen molar-refractivity contribution in [2.24, 2.45) is 0 Å². The molecule has 0 N–H and O–H groups in total. The number of anilines is 3. The molecule has 0 radical (unpaired) electrons. The molecular weight excluding hydrogens is 725 g/mol. The van der Waals surface area contributed by atoms with Crippen molar-refractivity contribution in [3.8, 4) is 50.2 Å². The molecule has 0 atom stereocenters. The first-order valence-corrected chi connectivity index (χ1v) is 20.6. The Morgan fingerprint density at radius 1 is 0.300 bits per heavy atom. The van der Waals surface area contributed by atoms with E-state index in [1.807, 2.05) is 0 Å². The first kappa shape index (κ1) is 35.2. The molecule has 0 saturated carbocycles. The van der Waals surface area contributed by atoms with E-state index in [0.717, 1.165) is 28.3 Å². The third kappa shape index (κ3) is 6.14. The molecule has 11 aromatic rings. The van der Waals surface area contributed by atoms with Crippen molar-refractivity contribution >= 4 is 49.6 Å². The molecule has 282 valence electrons. The maximum Gasteiger partial charge on any atom is 0.0547 e. The van der Waals surface area contributed by atoms with E-state index in [1.165, 1.54) is 71.5 Å². The van der Waals surface area contributed by atoms with Gasteiger partial charge < -0.3 is 9.47 Å². The molecule has 0 bridgehead atoms. The number of nitrogens with zero attached hydrogens (tertiary/aromatic N) is 2. The van der Waals surface area contributed by atoms with Gasteiger partial charge in [0.05, 0.1) is 16.7 Å². The SMILES string of the molecule is c1ccc(-c2ccccc2N(c2ccc(-c3cccc4ccccc34)cc2)c2cccc(-c3cccc4c3c3c(-c5ccccc5)cccc3n4-c3ccccc3)c2)cc1. The highest BCUT2D eigenvalue weighted by Gasteiger charge is 2.22. The molecular formula is C58H40N2. The number of aromatic nitrogens is 1. The Balaban J connectivity index is 1.13. The minimum Gasteiger partial charge on any atom is -0.310 e. The van der Waals surface area contributed by atoms with E-state index in [2.05, 4.69) is 252 Å². The Bertz CT molecular complexity index is 3290. The standard InChI is InChI=1S/C58H40N2/c1-4-18-42(19-5-1)51-29-12-13-33-54(51)59(47-38-36-44(37-39-47)50-30-15-23-41-22-10-11-28-49(41)50)48-27-14-24-45(40-48)53-32-17-35-56-58(53)57-52(43-20-6-2-7-21-43)31-16-34-55(57)60(56)46-25-8-3-9-26-46/h1-40H. The normalized spacial score (nSPS) is 11.3. The summed E-state index contributed by atoms with van der Waals surface area (Å²) < 4.78 is 2.42. The minimum atomic E-state index is 1.08. The average molecular weight is 765 g/mol. The lowest BCUT2D eigenvalue weighted by Crippen LogP contribution is -2.11. The van der Waals surface area contributed by atoms with Crippen molar-refractivity contribution in [2.45, 2.75) is 0 Å². The van der Waals surface area contributed by atoms with Crippen LogP contribution in [0.25, 0.3) is 82.8 Å². The number of fused-ring (bicyclic) bond motifs is 4. The van der Waals surface area contributed by atoms with Gasteiger partial charge in [-0.2, -0.15) is 0 Å². The van der Waals surface area contributed by atoms with E-state index >= 15 is 0 Å². The van der Waals surface area contributed by atoms with Crippen LogP contribution in [0.3, 0.4) is 0 Å². The van der Waals surface area contributed by atoms with Gasteiger partial charge in [0.15, 0.2) is 0 Å². The molecule has 0 fully saturated rings. The molecule has 2 heteroatoms. The smallest absolute Gasteiger partial charge is 0.0547 e. The lowest BCUT2D eigenvalue weighted by Gasteiger charge is -2.28. The van der Waals surface area contributed by atoms with Crippen LogP contribution in [0, 0.1) is 0 Å². The summed E-state index contributed by atoms with van der Waals surface area (Å²) in [6, 6.07) is 87.8. The molecule has 0 spiro atoms. The second kappa shape index (κ2) is 15.1. The van der Waals surface area contributed by atoms with E-state index in [-0.39, 0.29) is 0 Å². The predicted octanol–water partition coefficient (Wildman–Crippen LogP) is 16.1. The molecule has 0 saturated heterocycles. The third-order valence-electron chi connectivity index (χ3n) is 11.8. The van der Waals surface area contributed by atoms with Crippen LogP contribution in [0.2, 0.25) is 0 Å². The summed E-state index contributed by atoms with van der Waals surface area (Å²) in [6.45, 7) is 0. The fraction of sp³-hybridized carbons (Fsp3) is 0. The van der Waals surface area contributed by atoms with Gasteiger partial charge >= 0.3 is 0 Å². The summed E-state index contributed by atoms with van der Waals surface area (Å²) in [4.78, 5) is 2.42. The fourth-order valence-corrected chi connectivity index (χ4v) is 9.10. The Labute approximate surface area is 350 Å². The zero-order chi connectivity index (χ0) is 39.8. The molecule has 1 aromatic heterocycles. The summed E-state index contributed by atoms with van der Waals surface area (Å²) in [7, 11) is 0. The first-order chi connectivity index (χ1) is 29.8. The zero-order valence-corrected chi connectivity index (χ0v) is 33.0. The number of hydrogen-bond acceptors (Lipinski definition) is 1. The van der Waals surface area contributed by atoms with Gasteiger partial charge in [-0.1, -0.05) is 188 Å². The van der Waals surface area contributed by atoms with Gasteiger partial charge in [0.1, 0.15) is 0 Å². The van der Waals surface area contributed by atoms with Crippen LogP contribution in [0.1, 0.15) is 0 Å². The van der Waals surface area contributed by atoms with Crippen LogP contribution in [0.4, 0.5) is 17.1 Å². The Morgan fingerprint density at radius 2 is 0.783 bits per heavy atom. The molecule has 60 heavy (non-hydrogen) atoms. The molecule has 0 unspecified atom stereocenters. The Kier molecular flexibility index (Phi) is 8.87. The number of para-hydroxylation sites is 2. The van der Waals surface area contributed by atoms with Gasteiger partial charge in [0.2, 0.25) is 0 Å². The van der Waals surface area contributed by atoms with Crippen LogP contribution in [-0.2, 0) is 0 Å². The molecule has 0 aliphatic rings. The van der Waals surface area contributed by atoms with E-state index in [0.29, 0.717) is 0 Å². The highest BCUT2D eigenvalue weighted by atomic mass is 15.1. The van der Waals surface area contributed by atoms with Gasteiger partial charge in [-0.15, -0.1) is 0 Å². The van der Waals surface area contributed by atoms with E-state index in [4.69, 9.17) is 0 Å². The van der Waals surface area contributed by atoms with Crippen LogP contribution < -0.4 is 4.90 Å². The summed E-state index contributed by atoms with van der Waals surface area (Å²) >= 11 is 0. The second-order valence-electron chi connectivity index (χ2n) is 15.3. The van der Waals surface area contributed by atoms with Crippen molar-refractivity contribution in [1.29, 1.82) is 0 Å². The molecule has 0 aliphatic carbocycles. The lowest BCUT2D eigenvalue weighted by atomic mass is 9.94. The minimum absolute atomic E-state index is 1.08. The van der Waals surface area contributed by atoms with Crippen LogP contribution in [-0.4, -0.2) is 4.57 Å². The Hall–Kier alpha value is -7.94. The van der Waals surface area contributed by atoms with Crippen LogP contribution in [0.15, 0.2) is 243 Å². The van der Waals surface area contributed by atoms with Gasteiger partial charge in [0.25, 0.3) is 0 Å². The monoisotopic (exact) mass is 764 g/mol. The van der Waals surface area contributed by atoms with E-state index in [9.17, 15) is 0 Å². The molecule has 0 amide bonds. The molecule has 11 rings (SSSR count). The maximum absolute atomic E-state index is 2.42. The van der Waals surface area contributed by atoms with E-state index < -0.39 is 0 Å². The molecule has 10 aromatic carbocycles. The highest BCUT2D eigenvalue weighted by Crippen LogP contribution is 2.46. The van der Waals surface area contributed by atoms with Crippen LogP contribution in [0.5, 0.6) is 0 Å². The third-order valence-corrected chi connectivity index (χ3v) is 11.8. The second-order valence-corrected chi connectivity index (χ2v) is 15.3. The zero-order valence-electron chi connectivity index (χ0n) is 33.0. The van der Waals surface area contributed by atoms with Gasteiger partial charge in [-0.3, -0.25) is 0 Å². The van der Waals surface area contributed by atoms with Crippen molar-refractivity contribution in [2.75, 3.05) is 4.90 Å². The summed E-state index contributed by atoms with van der Waals surface area (Å²) in [5.41, 5.74) is 16.3. The topological polar surface area (TPSA) is 8.17 Å². The summed E-state index contributed by atoms with van der Waals surface area (Å²) in [5, 5.41) is 4.99. The molecule has 0 aliphatic heterocycles. The van der Waals surface area contributed by atoms with Crippen molar-refractivity contribution < 1.29 is 0 Å². The quantitative estimate of drug-likeness (QED) is 0.150. The fourth-order valence-electron chi connectivity index (χ4n) is 9.10. The van der Waals surface area contributed by atoms with Crippen molar-refractivity contribution in [3.05, 3.63) is 243 Å². The highest BCUT2D eigenvalue weighted by molar-refractivity contribution is 6.20. The molecule has 2 nitrogen and oxygen atoms in total. The number of hydrogen-bond donors (Lipinski definition) is 0. The van der Waals surface area contributed by atoms with Crippen LogP contribution >= 0.6 is 0 Å². The Morgan fingerprint density at radius 3 is 1.50 bits per heavy atom.